The Labute approximate surface area is 171 Å². The molecule has 0 bridgehead atoms. The van der Waals surface area contributed by atoms with E-state index in [2.05, 4.69) is 0 Å². The van der Waals surface area contributed by atoms with E-state index in [1.807, 2.05) is 26.0 Å². The lowest BCUT2D eigenvalue weighted by atomic mass is 9.83. The number of carbonyl (C=O) groups excluding carboxylic acids is 1. The Morgan fingerprint density at radius 1 is 1.07 bits per heavy atom. The van der Waals surface area contributed by atoms with Crippen molar-refractivity contribution in [3.05, 3.63) is 53.1 Å². The highest BCUT2D eigenvalue weighted by molar-refractivity contribution is 7.89. The number of benzene rings is 2. The first-order valence-electron chi connectivity index (χ1n) is 9.72. The van der Waals surface area contributed by atoms with Gasteiger partial charge in [0.25, 0.3) is 0 Å². The van der Waals surface area contributed by atoms with E-state index in [0.29, 0.717) is 43.0 Å². The van der Waals surface area contributed by atoms with Gasteiger partial charge in [-0.15, -0.1) is 0 Å². The number of hydrogen-bond donors (Lipinski definition) is 0. The molecule has 7 heteroatoms. The Hall–Kier alpha value is -2.38. The van der Waals surface area contributed by atoms with Gasteiger partial charge in [-0.25, -0.2) is 8.42 Å². The van der Waals surface area contributed by atoms with E-state index in [4.69, 9.17) is 9.47 Å². The maximum atomic E-state index is 13.3. The Bertz CT molecular complexity index is 1070. The van der Waals surface area contributed by atoms with E-state index in [-0.39, 0.29) is 17.1 Å². The standard InChI is InChI=1S/C22H25NO5S/c1-15-12-20(27-3)21(13-16(15)2)29(25,26)23-10-8-22(9-11-23)14-18(24)17-6-4-5-7-19(17)28-22/h4-7,12-13H,8-11,14H2,1-3H3. The number of Topliss-reactive ketones (excluding diaryl/α,β-unsaturated/α-hetero) is 1. The Morgan fingerprint density at radius 3 is 2.41 bits per heavy atom. The number of sulfonamides is 1. The number of hydrogen-bond acceptors (Lipinski definition) is 5. The van der Waals surface area contributed by atoms with E-state index in [9.17, 15) is 13.2 Å². The average molecular weight is 416 g/mol. The van der Waals surface area contributed by atoms with Gasteiger partial charge < -0.3 is 9.47 Å². The quantitative estimate of drug-likeness (QED) is 0.767. The predicted molar refractivity (Wildman–Crippen MR) is 109 cm³/mol. The highest BCUT2D eigenvalue weighted by atomic mass is 32.2. The minimum Gasteiger partial charge on any atom is -0.495 e. The number of methoxy groups -OCH3 is 1. The fraction of sp³-hybridized carbons (Fsp3) is 0.409. The van der Waals surface area contributed by atoms with Crippen LogP contribution in [0, 0.1) is 13.8 Å². The van der Waals surface area contributed by atoms with Crippen LogP contribution in [0.5, 0.6) is 11.5 Å². The number of rotatable bonds is 3. The van der Waals surface area contributed by atoms with E-state index in [1.54, 1.807) is 24.3 Å². The molecule has 0 N–H and O–H groups in total. The van der Waals surface area contributed by atoms with Crippen LogP contribution in [0.4, 0.5) is 0 Å². The fourth-order valence-corrected chi connectivity index (χ4v) is 5.78. The van der Waals surface area contributed by atoms with Crippen molar-refractivity contribution in [1.82, 2.24) is 4.31 Å². The van der Waals surface area contributed by atoms with Gasteiger partial charge in [-0.2, -0.15) is 4.31 Å². The Morgan fingerprint density at radius 2 is 1.72 bits per heavy atom. The van der Waals surface area contributed by atoms with Gasteiger partial charge in [0.1, 0.15) is 22.0 Å². The lowest BCUT2D eigenvalue weighted by Crippen LogP contribution is -2.52. The normalized spacial score (nSPS) is 18.9. The van der Waals surface area contributed by atoms with Crippen molar-refractivity contribution in [1.29, 1.82) is 0 Å². The van der Waals surface area contributed by atoms with Gasteiger partial charge >= 0.3 is 0 Å². The monoisotopic (exact) mass is 415 g/mol. The summed E-state index contributed by atoms with van der Waals surface area (Å²) >= 11 is 0. The Kier molecular flexibility index (Phi) is 4.91. The molecule has 2 aliphatic rings. The molecule has 0 radical (unpaired) electrons. The van der Waals surface area contributed by atoms with Crippen molar-refractivity contribution < 1.29 is 22.7 Å². The number of fused-ring (bicyclic) bond motifs is 1. The Balaban J connectivity index is 1.58. The highest BCUT2D eigenvalue weighted by Crippen LogP contribution is 2.40. The van der Waals surface area contributed by atoms with Gasteiger partial charge in [0, 0.05) is 25.9 Å². The number of nitrogens with zero attached hydrogens (tertiary/aromatic N) is 1. The van der Waals surface area contributed by atoms with E-state index < -0.39 is 15.6 Å². The van der Waals surface area contributed by atoms with Crippen LogP contribution in [0.15, 0.2) is 41.3 Å². The molecule has 1 spiro atoms. The fourth-order valence-electron chi connectivity index (χ4n) is 4.12. The summed E-state index contributed by atoms with van der Waals surface area (Å²) in [5, 5.41) is 0. The molecule has 2 aliphatic heterocycles. The summed E-state index contributed by atoms with van der Waals surface area (Å²) in [7, 11) is -2.23. The molecule has 2 aromatic carbocycles. The molecule has 4 rings (SSSR count). The molecule has 0 unspecified atom stereocenters. The summed E-state index contributed by atoms with van der Waals surface area (Å²) in [6.07, 6.45) is 1.23. The predicted octanol–water partition coefficient (Wildman–Crippen LogP) is 3.50. The van der Waals surface area contributed by atoms with Crippen molar-refractivity contribution in [2.75, 3.05) is 20.2 Å². The second kappa shape index (κ2) is 7.15. The number of piperidine rings is 1. The van der Waals surface area contributed by atoms with Crippen LogP contribution in [-0.4, -0.2) is 44.3 Å². The van der Waals surface area contributed by atoms with Gasteiger partial charge in [-0.3, -0.25) is 4.79 Å². The minimum absolute atomic E-state index is 0.0546. The summed E-state index contributed by atoms with van der Waals surface area (Å²) in [5.74, 6) is 1.00. The number of ether oxygens (including phenoxy) is 2. The second-order valence-corrected chi connectivity index (χ2v) is 9.78. The van der Waals surface area contributed by atoms with Crippen molar-refractivity contribution in [3.63, 3.8) is 0 Å². The number of aryl methyl sites for hydroxylation is 2. The second-order valence-electron chi connectivity index (χ2n) is 7.87. The number of ketones is 1. The van der Waals surface area contributed by atoms with Gasteiger partial charge in [-0.05, 0) is 49.2 Å². The summed E-state index contributed by atoms with van der Waals surface area (Å²) in [6.45, 7) is 4.41. The third-order valence-electron chi connectivity index (χ3n) is 6.03. The van der Waals surface area contributed by atoms with Crippen molar-refractivity contribution in [3.8, 4) is 11.5 Å². The third-order valence-corrected chi connectivity index (χ3v) is 7.95. The van der Waals surface area contributed by atoms with Gasteiger partial charge in [0.05, 0.1) is 19.1 Å². The van der Waals surface area contributed by atoms with E-state index in [0.717, 1.165) is 11.1 Å². The van der Waals surface area contributed by atoms with Crippen molar-refractivity contribution in [2.45, 2.75) is 43.6 Å². The molecular weight excluding hydrogens is 390 g/mol. The zero-order valence-electron chi connectivity index (χ0n) is 16.9. The molecule has 6 nitrogen and oxygen atoms in total. The maximum Gasteiger partial charge on any atom is 0.246 e. The van der Waals surface area contributed by atoms with Gasteiger partial charge in [-0.1, -0.05) is 12.1 Å². The molecule has 1 fully saturated rings. The lowest BCUT2D eigenvalue weighted by molar-refractivity contribution is 0.00590. The molecule has 154 valence electrons. The van der Waals surface area contributed by atoms with E-state index in [1.165, 1.54) is 11.4 Å². The van der Waals surface area contributed by atoms with Crippen LogP contribution in [0.2, 0.25) is 0 Å². The smallest absolute Gasteiger partial charge is 0.246 e. The molecule has 29 heavy (non-hydrogen) atoms. The molecule has 1 saturated heterocycles. The van der Waals surface area contributed by atoms with Crippen LogP contribution in [0.25, 0.3) is 0 Å². The van der Waals surface area contributed by atoms with Crippen molar-refractivity contribution >= 4 is 15.8 Å². The van der Waals surface area contributed by atoms with Crippen molar-refractivity contribution in [2.24, 2.45) is 0 Å². The molecule has 2 aromatic rings. The number of para-hydroxylation sites is 1. The summed E-state index contributed by atoms with van der Waals surface area (Å²) < 4.78 is 39.6. The van der Waals surface area contributed by atoms with Crippen LogP contribution < -0.4 is 9.47 Å². The molecule has 0 aromatic heterocycles. The highest BCUT2D eigenvalue weighted by Gasteiger charge is 2.45. The molecule has 0 aliphatic carbocycles. The zero-order chi connectivity index (χ0) is 20.8. The van der Waals surface area contributed by atoms with Crippen LogP contribution in [-0.2, 0) is 10.0 Å². The average Bonchev–Trinajstić information content (AvgIpc) is 2.70. The van der Waals surface area contributed by atoms with E-state index >= 15 is 0 Å². The van der Waals surface area contributed by atoms with Gasteiger partial charge in [0.15, 0.2) is 5.78 Å². The topological polar surface area (TPSA) is 72.9 Å². The summed E-state index contributed by atoms with van der Waals surface area (Å²) in [4.78, 5) is 12.8. The number of carbonyl (C=O) groups is 1. The molecule has 2 heterocycles. The zero-order valence-corrected chi connectivity index (χ0v) is 17.7. The SMILES string of the molecule is COc1cc(C)c(C)cc1S(=O)(=O)N1CCC2(CC1)CC(=O)c1ccccc1O2. The lowest BCUT2D eigenvalue weighted by Gasteiger charge is -2.43. The molecule has 0 atom stereocenters. The third kappa shape index (κ3) is 3.42. The maximum absolute atomic E-state index is 13.3. The first kappa shape index (κ1) is 19.9. The van der Waals surface area contributed by atoms with Gasteiger partial charge in [0.2, 0.25) is 10.0 Å². The summed E-state index contributed by atoms with van der Waals surface area (Å²) in [6, 6.07) is 10.7. The first-order chi connectivity index (χ1) is 13.8. The summed E-state index contributed by atoms with van der Waals surface area (Å²) in [5.41, 5.74) is 1.85. The van der Waals surface area contributed by atoms with Crippen LogP contribution in [0.3, 0.4) is 0 Å². The largest absolute Gasteiger partial charge is 0.495 e. The molecule has 0 saturated carbocycles. The first-order valence-corrected chi connectivity index (χ1v) is 11.2. The van der Waals surface area contributed by atoms with Crippen LogP contribution in [0.1, 0.15) is 40.7 Å². The molecule has 0 amide bonds. The minimum atomic E-state index is -3.71. The molecular formula is C22H25NO5S. The van der Waals surface area contributed by atoms with Crippen LogP contribution >= 0.6 is 0 Å².